The monoisotopic (exact) mass is 556 g/mol. The van der Waals surface area contributed by atoms with E-state index in [1.165, 1.54) is 61.7 Å². The minimum absolute atomic E-state index is 0.0626. The van der Waals surface area contributed by atoms with Crippen LogP contribution < -0.4 is 0 Å². The van der Waals surface area contributed by atoms with Crippen LogP contribution in [0.3, 0.4) is 0 Å². The van der Waals surface area contributed by atoms with Crippen LogP contribution in [0.2, 0.25) is 0 Å². The number of hydrogen-bond acceptors (Lipinski definition) is 1. The van der Waals surface area contributed by atoms with Crippen molar-refractivity contribution in [3.63, 3.8) is 0 Å². The molecule has 2 aliphatic carbocycles. The molecule has 0 aliphatic heterocycles. The predicted octanol–water partition coefficient (Wildman–Crippen LogP) is 11.6. The zero-order valence-corrected chi connectivity index (χ0v) is 28.2. The van der Waals surface area contributed by atoms with Gasteiger partial charge in [0.25, 0.3) is 0 Å². The maximum atomic E-state index is 10.1. The number of hydrogen-bond donors (Lipinski definition) is 1. The van der Waals surface area contributed by atoms with Crippen LogP contribution in [0.15, 0.2) is 81.5 Å². The van der Waals surface area contributed by atoms with Gasteiger partial charge in [0, 0.05) is 11.0 Å². The van der Waals surface area contributed by atoms with E-state index in [0.717, 1.165) is 24.8 Å². The van der Waals surface area contributed by atoms with Gasteiger partial charge < -0.3 is 5.11 Å². The largest absolute Gasteiger partial charge is 0.393 e. The molecule has 1 nitrogen and oxygen atoms in total. The molecule has 1 unspecified atom stereocenters. The van der Waals surface area contributed by atoms with Gasteiger partial charge in [-0.15, -0.1) is 0 Å². The van der Waals surface area contributed by atoms with Gasteiger partial charge in [-0.05, 0) is 116 Å². The second kappa shape index (κ2) is 16.4. The van der Waals surface area contributed by atoms with Crippen molar-refractivity contribution in [1.29, 1.82) is 0 Å². The Balaban J connectivity index is 1.76. The molecular weight excluding hydrogens is 496 g/mol. The average molecular weight is 557 g/mol. The van der Waals surface area contributed by atoms with Gasteiger partial charge in [0.2, 0.25) is 0 Å². The molecule has 0 aromatic heterocycles. The third-order valence-electron chi connectivity index (χ3n) is 9.12. The fourth-order valence-electron chi connectivity index (χ4n) is 6.59. The Morgan fingerprint density at radius 1 is 1.02 bits per heavy atom. The van der Waals surface area contributed by atoms with E-state index in [0.29, 0.717) is 11.3 Å². The molecule has 0 amide bonds. The van der Waals surface area contributed by atoms with E-state index < -0.39 is 0 Å². The van der Waals surface area contributed by atoms with Gasteiger partial charge in [0.15, 0.2) is 0 Å². The Kier molecular flexibility index (Phi) is 13.9. The van der Waals surface area contributed by atoms with Crippen LogP contribution in [0, 0.1) is 28.6 Å². The zero-order valence-electron chi connectivity index (χ0n) is 28.2. The minimum Gasteiger partial charge on any atom is -0.393 e. The number of allylic oxidation sites excluding steroid dienone is 13. The van der Waals surface area contributed by atoms with Crippen molar-refractivity contribution in [2.75, 3.05) is 0 Å². The Morgan fingerprint density at radius 3 is 2.44 bits per heavy atom. The molecule has 2 atom stereocenters. The first-order chi connectivity index (χ1) is 19.2. The molecule has 0 fully saturated rings. The van der Waals surface area contributed by atoms with Crippen LogP contribution in [0.25, 0.3) is 0 Å². The van der Waals surface area contributed by atoms with E-state index in [1.54, 1.807) is 16.7 Å². The summed E-state index contributed by atoms with van der Waals surface area (Å²) in [6.07, 6.45) is 26.8. The molecular formula is C40H60O. The molecule has 1 heteroatoms. The summed E-state index contributed by atoms with van der Waals surface area (Å²) in [4.78, 5) is 0. The fourth-order valence-corrected chi connectivity index (χ4v) is 6.59. The summed E-state index contributed by atoms with van der Waals surface area (Å²) in [7, 11) is 0. The highest BCUT2D eigenvalue weighted by Crippen LogP contribution is 2.43. The molecule has 0 heterocycles. The van der Waals surface area contributed by atoms with Gasteiger partial charge >= 0.3 is 0 Å². The summed E-state index contributed by atoms with van der Waals surface area (Å²) in [5, 5.41) is 10.1. The Morgan fingerprint density at radius 2 is 1.76 bits per heavy atom. The Bertz CT molecular complexity index is 1160. The maximum Gasteiger partial charge on any atom is 0.0586 e. The van der Waals surface area contributed by atoms with E-state index in [9.17, 15) is 5.11 Å². The molecule has 0 aromatic carbocycles. The van der Waals surface area contributed by atoms with Gasteiger partial charge in [-0.2, -0.15) is 0 Å². The lowest BCUT2D eigenvalue weighted by atomic mass is 9.71. The molecule has 41 heavy (non-hydrogen) atoms. The number of aliphatic hydroxyl groups excluding tert-OH is 1. The maximum absolute atomic E-state index is 10.1. The molecule has 0 saturated heterocycles. The van der Waals surface area contributed by atoms with Crippen molar-refractivity contribution < 1.29 is 5.11 Å². The van der Waals surface area contributed by atoms with Crippen molar-refractivity contribution in [2.24, 2.45) is 16.7 Å². The molecule has 2 rings (SSSR count). The Hall–Kier alpha value is -2.30. The van der Waals surface area contributed by atoms with E-state index in [-0.39, 0.29) is 11.5 Å². The highest BCUT2D eigenvalue weighted by molar-refractivity contribution is 5.45. The summed E-state index contributed by atoms with van der Waals surface area (Å²) in [5.74, 6) is 7.42. The summed E-state index contributed by atoms with van der Waals surface area (Å²) in [6, 6.07) is 0. The van der Waals surface area contributed by atoms with Crippen LogP contribution in [-0.2, 0) is 0 Å². The smallest absolute Gasteiger partial charge is 0.0586 e. The lowest BCUT2D eigenvalue weighted by Crippen LogP contribution is -2.28. The van der Waals surface area contributed by atoms with Crippen LogP contribution in [0.5, 0.6) is 0 Å². The lowest BCUT2D eigenvalue weighted by Gasteiger charge is -2.35. The summed E-state index contributed by atoms with van der Waals surface area (Å²) in [5.41, 5.74) is 9.96. The van der Waals surface area contributed by atoms with Gasteiger partial charge in [0.05, 0.1) is 6.10 Å². The molecule has 0 radical (unpaired) electrons. The quantitative estimate of drug-likeness (QED) is 0.152. The molecule has 1 N–H and O–H groups in total. The second-order valence-corrected chi connectivity index (χ2v) is 14.4. The third-order valence-corrected chi connectivity index (χ3v) is 9.12. The van der Waals surface area contributed by atoms with Crippen molar-refractivity contribution in [3.05, 3.63) is 81.5 Å². The van der Waals surface area contributed by atoms with Gasteiger partial charge in [-0.1, -0.05) is 117 Å². The number of aliphatic hydroxyl groups is 1. The molecule has 0 spiro atoms. The lowest BCUT2D eigenvalue weighted by molar-refractivity contribution is 0.117. The van der Waals surface area contributed by atoms with Gasteiger partial charge in [0.1, 0.15) is 0 Å². The fraction of sp³-hybridized carbons (Fsp3) is 0.600. The van der Waals surface area contributed by atoms with E-state index in [2.05, 4.69) is 124 Å². The first kappa shape index (κ1) is 34.9. The molecule has 226 valence electrons. The van der Waals surface area contributed by atoms with Crippen molar-refractivity contribution in [1.82, 2.24) is 0 Å². The van der Waals surface area contributed by atoms with E-state index >= 15 is 0 Å². The normalized spacial score (nSPS) is 22.9. The van der Waals surface area contributed by atoms with Gasteiger partial charge in [-0.3, -0.25) is 0 Å². The van der Waals surface area contributed by atoms with Crippen LogP contribution in [0.1, 0.15) is 133 Å². The summed E-state index contributed by atoms with van der Waals surface area (Å²) >= 11 is 0. The topological polar surface area (TPSA) is 20.2 Å². The average Bonchev–Trinajstić information content (AvgIpc) is 2.84. The van der Waals surface area contributed by atoms with Crippen molar-refractivity contribution in [2.45, 2.75) is 140 Å². The second-order valence-electron chi connectivity index (χ2n) is 14.4. The summed E-state index contributed by atoms with van der Waals surface area (Å²) in [6.45, 7) is 22.6. The molecule has 2 aliphatic rings. The zero-order chi connectivity index (χ0) is 30.6. The van der Waals surface area contributed by atoms with Crippen molar-refractivity contribution >= 4 is 0 Å². The standard InChI is InChI=1S/C40H60O/c1-30(18-13-20-32(3)23-25-37-34(5)22-15-27-39(37,7)8)16-11-12-17-31(2)19-14-21-33(4)24-26-38-35(6)28-36(41)29-40(38,9)10/h11-12,14,17,19-21,30,36,41H,13,15-16,18,22-23,25,27-29H2,1-10H3/b12-11+,19-14+,31-17+,32-20-,33-21+/t30?,36-/m1/s1. The number of rotatable bonds is 11. The van der Waals surface area contributed by atoms with E-state index in [1.807, 2.05) is 0 Å². The van der Waals surface area contributed by atoms with Crippen LogP contribution >= 0.6 is 0 Å². The highest BCUT2D eigenvalue weighted by atomic mass is 16.3. The van der Waals surface area contributed by atoms with Crippen LogP contribution in [-0.4, -0.2) is 11.2 Å². The van der Waals surface area contributed by atoms with E-state index in [4.69, 9.17) is 0 Å². The van der Waals surface area contributed by atoms with Gasteiger partial charge in [-0.25, -0.2) is 0 Å². The highest BCUT2D eigenvalue weighted by Gasteiger charge is 2.32. The van der Waals surface area contributed by atoms with Crippen molar-refractivity contribution in [3.8, 4) is 11.8 Å². The Labute approximate surface area is 254 Å². The molecule has 0 bridgehead atoms. The predicted molar refractivity (Wildman–Crippen MR) is 182 cm³/mol. The molecule has 0 saturated carbocycles. The minimum atomic E-state index is -0.245. The summed E-state index contributed by atoms with van der Waals surface area (Å²) < 4.78 is 0. The van der Waals surface area contributed by atoms with Crippen LogP contribution in [0.4, 0.5) is 0 Å². The SMILES string of the molecule is CC1=C(C#C/C(C)=C/C=C/C(C)=C/C=C/CC(C)CC/C=C(/C)CCC2=C(C)CCCC2(C)C)C(C)(C)C[C@H](O)C1. The third kappa shape index (κ3) is 12.2. The first-order valence-electron chi connectivity index (χ1n) is 16.1. The first-order valence-corrected chi connectivity index (χ1v) is 16.1. The molecule has 0 aromatic rings.